The Kier molecular flexibility index (Phi) is 5.81. The lowest BCUT2D eigenvalue weighted by Gasteiger charge is -2.09. The predicted molar refractivity (Wildman–Crippen MR) is 103 cm³/mol. The summed E-state index contributed by atoms with van der Waals surface area (Å²) in [5.74, 6) is 2.78. The van der Waals surface area contributed by atoms with E-state index in [1.807, 2.05) is 54.6 Å². The van der Waals surface area contributed by atoms with Gasteiger partial charge in [0.05, 0.1) is 27.0 Å². The van der Waals surface area contributed by atoms with Crippen LogP contribution in [0.3, 0.4) is 0 Å². The number of nitrogens with zero attached hydrogens (tertiary/aromatic N) is 1. The highest BCUT2D eigenvalue weighted by Gasteiger charge is 2.05. The lowest BCUT2D eigenvalue weighted by atomic mass is 10.2. The van der Waals surface area contributed by atoms with Gasteiger partial charge >= 0.3 is 0 Å². The fourth-order valence-corrected chi connectivity index (χ4v) is 2.65. The molecule has 6 heteroatoms. The number of rotatable bonds is 7. The Balaban J connectivity index is 1.59. The van der Waals surface area contributed by atoms with Crippen molar-refractivity contribution in [2.45, 2.75) is 6.54 Å². The molecule has 0 aliphatic heterocycles. The molecule has 2 aromatic carbocycles. The number of hydrogen-bond acceptors (Lipinski definition) is 5. The first-order valence-electron chi connectivity index (χ1n) is 8.02. The molecule has 0 spiro atoms. The molecular weight excluding hydrogens is 352 g/mol. The second kappa shape index (κ2) is 8.45. The van der Waals surface area contributed by atoms with E-state index in [4.69, 9.17) is 25.5 Å². The first-order chi connectivity index (χ1) is 12.7. The van der Waals surface area contributed by atoms with Crippen molar-refractivity contribution in [3.05, 3.63) is 70.9 Å². The molecule has 0 saturated heterocycles. The normalized spacial score (nSPS) is 10.9. The standard InChI is InChI=1S/C20H19ClN2O3/c1-24-19-8-6-14(10-20(19)25-2)12-22-23-13-17-7-9-18(26-17)15-4-3-5-16(21)11-15/h3-11,13,22H,12H2,1-2H3/b23-13+. The van der Waals surface area contributed by atoms with Crippen LogP contribution in [0.25, 0.3) is 11.3 Å². The molecule has 0 amide bonds. The topological polar surface area (TPSA) is 56.0 Å². The van der Waals surface area contributed by atoms with E-state index in [-0.39, 0.29) is 0 Å². The highest BCUT2D eigenvalue weighted by molar-refractivity contribution is 6.30. The van der Waals surface area contributed by atoms with Gasteiger partial charge in [-0.05, 0) is 42.0 Å². The molecule has 3 rings (SSSR count). The third kappa shape index (κ3) is 4.37. The highest BCUT2D eigenvalue weighted by Crippen LogP contribution is 2.27. The smallest absolute Gasteiger partial charge is 0.161 e. The van der Waals surface area contributed by atoms with Crippen LogP contribution in [0.15, 0.2) is 64.1 Å². The molecule has 5 nitrogen and oxygen atoms in total. The summed E-state index contributed by atoms with van der Waals surface area (Å²) >= 11 is 6.01. The summed E-state index contributed by atoms with van der Waals surface area (Å²) in [6.45, 7) is 0.554. The Hall–Kier alpha value is -2.92. The number of hydrogen-bond donors (Lipinski definition) is 1. The van der Waals surface area contributed by atoms with Crippen molar-refractivity contribution in [2.75, 3.05) is 14.2 Å². The minimum absolute atomic E-state index is 0.554. The third-order valence-electron chi connectivity index (χ3n) is 3.75. The van der Waals surface area contributed by atoms with E-state index >= 15 is 0 Å². The number of benzene rings is 2. The quantitative estimate of drug-likeness (QED) is 0.482. The number of ether oxygens (including phenoxy) is 2. The summed E-state index contributed by atoms with van der Waals surface area (Å²) in [6, 6.07) is 17.0. The van der Waals surface area contributed by atoms with Gasteiger partial charge in [-0.25, -0.2) is 0 Å². The van der Waals surface area contributed by atoms with Gasteiger partial charge in [-0.1, -0.05) is 29.8 Å². The molecule has 0 saturated carbocycles. The predicted octanol–water partition coefficient (Wildman–Crippen LogP) is 4.74. The zero-order valence-electron chi connectivity index (χ0n) is 14.5. The maximum atomic E-state index is 6.01. The lowest BCUT2D eigenvalue weighted by molar-refractivity contribution is 0.354. The summed E-state index contributed by atoms with van der Waals surface area (Å²) in [7, 11) is 3.22. The molecule has 0 atom stereocenters. The van der Waals surface area contributed by atoms with Gasteiger partial charge < -0.3 is 19.3 Å². The van der Waals surface area contributed by atoms with Gasteiger partial charge in [-0.2, -0.15) is 5.10 Å². The molecule has 3 aromatic rings. The van der Waals surface area contributed by atoms with Crippen molar-refractivity contribution < 1.29 is 13.9 Å². The molecule has 0 aliphatic carbocycles. The molecule has 0 aliphatic rings. The SMILES string of the molecule is COc1ccc(CN/N=C/c2ccc(-c3cccc(Cl)c3)o2)cc1OC. The summed E-state index contributed by atoms with van der Waals surface area (Å²) in [5.41, 5.74) is 4.94. The van der Waals surface area contributed by atoms with Crippen LogP contribution in [-0.4, -0.2) is 20.4 Å². The molecule has 0 unspecified atom stereocenters. The molecule has 26 heavy (non-hydrogen) atoms. The number of halogens is 1. The van der Waals surface area contributed by atoms with E-state index in [9.17, 15) is 0 Å². The molecule has 1 heterocycles. The largest absolute Gasteiger partial charge is 0.493 e. The van der Waals surface area contributed by atoms with Crippen LogP contribution in [0.1, 0.15) is 11.3 Å². The van der Waals surface area contributed by atoms with E-state index in [0.29, 0.717) is 28.8 Å². The molecule has 1 N–H and O–H groups in total. The average Bonchev–Trinajstić information content (AvgIpc) is 3.14. The van der Waals surface area contributed by atoms with E-state index in [1.54, 1.807) is 20.4 Å². The maximum absolute atomic E-state index is 6.01. The van der Waals surface area contributed by atoms with Gasteiger partial charge in [0.2, 0.25) is 0 Å². The summed E-state index contributed by atoms with van der Waals surface area (Å²) in [5, 5.41) is 4.86. The molecular formula is C20H19ClN2O3. The van der Waals surface area contributed by atoms with Crippen LogP contribution < -0.4 is 14.9 Å². The van der Waals surface area contributed by atoms with Gasteiger partial charge in [0.25, 0.3) is 0 Å². The average molecular weight is 371 g/mol. The van der Waals surface area contributed by atoms with Crippen molar-refractivity contribution in [3.8, 4) is 22.8 Å². The van der Waals surface area contributed by atoms with Crippen LogP contribution in [0.2, 0.25) is 5.02 Å². The second-order valence-corrected chi connectivity index (χ2v) is 5.93. The number of methoxy groups -OCH3 is 2. The minimum Gasteiger partial charge on any atom is -0.493 e. The Morgan fingerprint density at radius 2 is 1.88 bits per heavy atom. The van der Waals surface area contributed by atoms with Crippen molar-refractivity contribution in [1.29, 1.82) is 0 Å². The molecule has 1 aromatic heterocycles. The third-order valence-corrected chi connectivity index (χ3v) is 3.99. The van der Waals surface area contributed by atoms with Gasteiger partial charge in [0.15, 0.2) is 11.5 Å². The van der Waals surface area contributed by atoms with Crippen molar-refractivity contribution >= 4 is 17.8 Å². The first-order valence-corrected chi connectivity index (χ1v) is 8.40. The number of hydrazone groups is 1. The maximum Gasteiger partial charge on any atom is 0.161 e. The van der Waals surface area contributed by atoms with Crippen molar-refractivity contribution in [2.24, 2.45) is 5.10 Å². The van der Waals surface area contributed by atoms with E-state index in [2.05, 4.69) is 10.5 Å². The Morgan fingerprint density at radius 1 is 1.04 bits per heavy atom. The Bertz CT molecular complexity index is 906. The van der Waals surface area contributed by atoms with E-state index in [1.165, 1.54) is 0 Å². The van der Waals surface area contributed by atoms with Gasteiger partial charge in [0, 0.05) is 10.6 Å². The number of furan rings is 1. The molecule has 134 valence electrons. The monoisotopic (exact) mass is 370 g/mol. The fraction of sp³-hybridized carbons (Fsp3) is 0.150. The van der Waals surface area contributed by atoms with E-state index < -0.39 is 0 Å². The fourth-order valence-electron chi connectivity index (χ4n) is 2.46. The summed E-state index contributed by atoms with van der Waals surface area (Å²) in [4.78, 5) is 0. The van der Waals surface area contributed by atoms with Crippen LogP contribution in [0, 0.1) is 0 Å². The number of nitrogens with one attached hydrogen (secondary N) is 1. The Labute approximate surface area is 157 Å². The molecule has 0 fully saturated rings. The minimum atomic E-state index is 0.554. The van der Waals surface area contributed by atoms with Crippen molar-refractivity contribution in [3.63, 3.8) is 0 Å². The zero-order valence-corrected chi connectivity index (χ0v) is 15.3. The Morgan fingerprint density at radius 3 is 2.65 bits per heavy atom. The first kappa shape index (κ1) is 17.9. The summed E-state index contributed by atoms with van der Waals surface area (Å²) < 4.78 is 16.3. The second-order valence-electron chi connectivity index (χ2n) is 5.49. The van der Waals surface area contributed by atoms with Gasteiger partial charge in [-0.15, -0.1) is 0 Å². The van der Waals surface area contributed by atoms with Crippen LogP contribution >= 0.6 is 11.6 Å². The van der Waals surface area contributed by atoms with Gasteiger partial charge in [0.1, 0.15) is 11.5 Å². The van der Waals surface area contributed by atoms with Crippen molar-refractivity contribution in [1.82, 2.24) is 5.43 Å². The van der Waals surface area contributed by atoms with E-state index in [0.717, 1.165) is 16.9 Å². The highest BCUT2D eigenvalue weighted by atomic mass is 35.5. The van der Waals surface area contributed by atoms with Crippen LogP contribution in [0.5, 0.6) is 11.5 Å². The van der Waals surface area contributed by atoms with Crippen LogP contribution in [0.4, 0.5) is 0 Å². The molecule has 0 radical (unpaired) electrons. The molecule has 0 bridgehead atoms. The summed E-state index contributed by atoms with van der Waals surface area (Å²) in [6.07, 6.45) is 1.63. The zero-order chi connectivity index (χ0) is 18.4. The lowest BCUT2D eigenvalue weighted by Crippen LogP contribution is -2.05. The van der Waals surface area contributed by atoms with Crippen LogP contribution in [-0.2, 0) is 6.54 Å². The van der Waals surface area contributed by atoms with Gasteiger partial charge in [-0.3, -0.25) is 0 Å².